The molecule has 2 heterocycles. The fourth-order valence-corrected chi connectivity index (χ4v) is 3.54. The molecule has 7 heteroatoms. The molecule has 2 N–H and O–H groups in total. The van der Waals surface area contributed by atoms with Gasteiger partial charge in [0.05, 0.1) is 7.11 Å². The van der Waals surface area contributed by atoms with Crippen LogP contribution in [-0.2, 0) is 12.8 Å². The fraction of sp³-hybridized carbons (Fsp3) is 0.182. The number of carbonyl (C=O) groups excluding carboxylic acids is 1. The number of nitrogens with one attached hydrogen (secondary N) is 2. The Hall–Kier alpha value is -3.48. The molecule has 1 aliphatic rings. The molecule has 4 rings (SSSR count). The third-order valence-electron chi connectivity index (χ3n) is 4.85. The zero-order chi connectivity index (χ0) is 20.4. The van der Waals surface area contributed by atoms with Gasteiger partial charge in [0, 0.05) is 24.0 Å². The van der Waals surface area contributed by atoms with Gasteiger partial charge in [-0.1, -0.05) is 6.07 Å². The summed E-state index contributed by atoms with van der Waals surface area (Å²) >= 11 is 0. The zero-order valence-corrected chi connectivity index (χ0v) is 15.8. The number of anilines is 2. The van der Waals surface area contributed by atoms with Crippen molar-refractivity contribution >= 4 is 17.4 Å². The van der Waals surface area contributed by atoms with Crippen LogP contribution in [0.25, 0.3) is 0 Å². The number of rotatable bonds is 5. The Kier molecular flexibility index (Phi) is 5.12. The molecule has 1 aromatic heterocycles. The maximum atomic E-state index is 13.9. The van der Waals surface area contributed by atoms with Crippen molar-refractivity contribution in [3.05, 3.63) is 82.5 Å². The van der Waals surface area contributed by atoms with Crippen LogP contribution >= 0.6 is 0 Å². The first kappa shape index (κ1) is 18.9. The van der Waals surface area contributed by atoms with Crippen LogP contribution in [0.3, 0.4) is 0 Å². The molecule has 0 atom stereocenters. The fourth-order valence-electron chi connectivity index (χ4n) is 3.54. The Morgan fingerprint density at radius 3 is 2.72 bits per heavy atom. The highest BCUT2D eigenvalue weighted by molar-refractivity contribution is 6.06. The maximum Gasteiger partial charge on any atom is 0.257 e. The van der Waals surface area contributed by atoms with Gasteiger partial charge in [0.25, 0.3) is 5.91 Å². The number of fused-ring (bicyclic) bond motifs is 1. The monoisotopic (exact) mass is 395 g/mol. The molecule has 0 bridgehead atoms. The molecule has 0 radical (unpaired) electrons. The van der Waals surface area contributed by atoms with E-state index in [0.29, 0.717) is 16.9 Å². The van der Waals surface area contributed by atoms with E-state index in [4.69, 9.17) is 4.74 Å². The molecule has 0 spiro atoms. The van der Waals surface area contributed by atoms with Crippen molar-refractivity contribution in [1.29, 1.82) is 0 Å². The van der Waals surface area contributed by atoms with Gasteiger partial charge < -0.3 is 15.4 Å². The molecule has 0 unspecified atom stereocenters. The van der Waals surface area contributed by atoms with Gasteiger partial charge in [0.2, 0.25) is 0 Å². The number of methoxy groups -OCH3 is 1. The summed E-state index contributed by atoms with van der Waals surface area (Å²) in [6.45, 7) is 0.808. The predicted molar refractivity (Wildman–Crippen MR) is 107 cm³/mol. The Morgan fingerprint density at radius 2 is 1.97 bits per heavy atom. The maximum absolute atomic E-state index is 13.9. The van der Waals surface area contributed by atoms with Crippen molar-refractivity contribution < 1.29 is 18.3 Å². The smallest absolute Gasteiger partial charge is 0.257 e. The Bertz CT molecular complexity index is 1060. The lowest BCUT2D eigenvalue weighted by Gasteiger charge is -2.10. The minimum Gasteiger partial charge on any atom is -0.491 e. The molecular weight excluding hydrogens is 376 g/mol. The third-order valence-corrected chi connectivity index (χ3v) is 4.85. The van der Waals surface area contributed by atoms with E-state index in [-0.39, 0.29) is 12.3 Å². The molecule has 0 aliphatic carbocycles. The van der Waals surface area contributed by atoms with Gasteiger partial charge in [-0.25, -0.2) is 13.8 Å². The summed E-state index contributed by atoms with van der Waals surface area (Å²) in [5.74, 6) is -1.77. The number of hydrogen-bond acceptors (Lipinski definition) is 4. The average Bonchev–Trinajstić information content (AvgIpc) is 3.17. The van der Waals surface area contributed by atoms with E-state index in [1.165, 1.54) is 19.2 Å². The number of amides is 1. The number of pyridine rings is 1. The molecule has 0 fully saturated rings. The second-order valence-corrected chi connectivity index (χ2v) is 6.78. The van der Waals surface area contributed by atoms with E-state index in [2.05, 4.69) is 15.6 Å². The van der Waals surface area contributed by atoms with Crippen LogP contribution < -0.4 is 15.4 Å². The summed E-state index contributed by atoms with van der Waals surface area (Å²) in [6.07, 6.45) is 2.63. The molecule has 0 saturated heterocycles. The van der Waals surface area contributed by atoms with Gasteiger partial charge in [0.1, 0.15) is 5.82 Å². The molecule has 2 aromatic carbocycles. The van der Waals surface area contributed by atoms with Crippen molar-refractivity contribution in [2.75, 3.05) is 24.3 Å². The molecule has 1 aliphatic heterocycles. The first-order valence-corrected chi connectivity index (χ1v) is 9.19. The second-order valence-electron chi connectivity index (χ2n) is 6.78. The van der Waals surface area contributed by atoms with Gasteiger partial charge in [-0.3, -0.25) is 4.79 Å². The van der Waals surface area contributed by atoms with Gasteiger partial charge in [-0.2, -0.15) is 0 Å². The second kappa shape index (κ2) is 7.87. The minimum absolute atomic E-state index is 0.239. The number of benzene rings is 2. The third kappa shape index (κ3) is 3.89. The lowest BCUT2D eigenvalue weighted by Crippen LogP contribution is -2.15. The molecular formula is C22H19F2N3O2. The molecule has 3 aromatic rings. The van der Waals surface area contributed by atoms with Gasteiger partial charge in [-0.15, -0.1) is 0 Å². The first-order chi connectivity index (χ1) is 14.0. The van der Waals surface area contributed by atoms with Gasteiger partial charge in [0.15, 0.2) is 17.4 Å². The van der Waals surface area contributed by atoms with E-state index in [9.17, 15) is 13.6 Å². The number of hydrogen-bond donors (Lipinski definition) is 2. The quantitative estimate of drug-likeness (QED) is 0.680. The highest BCUT2D eigenvalue weighted by atomic mass is 19.1. The largest absolute Gasteiger partial charge is 0.491 e. The Morgan fingerprint density at radius 1 is 1.17 bits per heavy atom. The lowest BCUT2D eigenvalue weighted by molar-refractivity contribution is 0.102. The number of aromatic nitrogens is 1. The SMILES string of the molecule is COc1c(F)cc(Cc2ccnc(NC(=O)c3cccc4c3CCN4)c2)cc1F. The topological polar surface area (TPSA) is 63.2 Å². The summed E-state index contributed by atoms with van der Waals surface area (Å²) < 4.78 is 32.6. The molecule has 148 valence electrons. The zero-order valence-electron chi connectivity index (χ0n) is 15.8. The van der Waals surface area contributed by atoms with E-state index in [0.717, 1.165) is 29.8 Å². The van der Waals surface area contributed by atoms with Gasteiger partial charge in [-0.05, 0) is 65.9 Å². The van der Waals surface area contributed by atoms with Crippen LogP contribution in [0.5, 0.6) is 5.75 Å². The summed E-state index contributed by atoms with van der Waals surface area (Å²) in [4.78, 5) is 16.9. The average molecular weight is 395 g/mol. The van der Waals surface area contributed by atoms with E-state index < -0.39 is 17.4 Å². The van der Waals surface area contributed by atoms with Gasteiger partial charge >= 0.3 is 0 Å². The van der Waals surface area contributed by atoms with Crippen LogP contribution in [0, 0.1) is 11.6 Å². The molecule has 1 amide bonds. The van der Waals surface area contributed by atoms with E-state index >= 15 is 0 Å². The normalized spacial score (nSPS) is 12.2. The number of ether oxygens (including phenoxy) is 1. The standard InChI is InChI=1S/C22H19F2N3O2/c1-29-21-17(23)10-14(11-18(21)24)9-13-5-7-26-20(12-13)27-22(28)16-3-2-4-19-15(16)6-8-25-19/h2-5,7,10-12,25H,6,8-9H2,1H3,(H,26,27,28). The first-order valence-electron chi connectivity index (χ1n) is 9.19. The highest BCUT2D eigenvalue weighted by Crippen LogP contribution is 2.27. The number of carbonyl (C=O) groups is 1. The van der Waals surface area contributed by atoms with Crippen molar-refractivity contribution in [3.63, 3.8) is 0 Å². The van der Waals surface area contributed by atoms with E-state index in [1.54, 1.807) is 24.4 Å². The van der Waals surface area contributed by atoms with Crippen LogP contribution in [0.4, 0.5) is 20.3 Å². The van der Waals surface area contributed by atoms with Crippen LogP contribution in [-0.4, -0.2) is 24.5 Å². The van der Waals surface area contributed by atoms with Crippen LogP contribution in [0.1, 0.15) is 27.0 Å². The molecule has 29 heavy (non-hydrogen) atoms. The highest BCUT2D eigenvalue weighted by Gasteiger charge is 2.19. The van der Waals surface area contributed by atoms with Crippen molar-refractivity contribution in [2.45, 2.75) is 12.8 Å². The molecule has 0 saturated carbocycles. The number of nitrogens with zero attached hydrogens (tertiary/aromatic N) is 1. The van der Waals surface area contributed by atoms with Crippen LogP contribution in [0.15, 0.2) is 48.7 Å². The predicted octanol–water partition coefficient (Wildman–Crippen LogP) is 4.18. The van der Waals surface area contributed by atoms with Crippen molar-refractivity contribution in [2.24, 2.45) is 0 Å². The minimum atomic E-state index is -0.753. The summed E-state index contributed by atoms with van der Waals surface area (Å²) in [7, 11) is 1.22. The van der Waals surface area contributed by atoms with Crippen molar-refractivity contribution in [1.82, 2.24) is 4.98 Å². The molecule has 5 nitrogen and oxygen atoms in total. The van der Waals surface area contributed by atoms with Crippen LogP contribution in [0.2, 0.25) is 0 Å². The van der Waals surface area contributed by atoms with Crippen molar-refractivity contribution in [3.8, 4) is 5.75 Å². The Labute approximate surface area is 166 Å². The summed E-state index contributed by atoms with van der Waals surface area (Å²) in [5.41, 5.74) is 3.79. The Balaban J connectivity index is 1.52. The van der Waals surface area contributed by atoms with E-state index in [1.807, 2.05) is 12.1 Å². The summed E-state index contributed by atoms with van der Waals surface area (Å²) in [6, 6.07) is 11.5. The summed E-state index contributed by atoms with van der Waals surface area (Å²) in [5, 5.41) is 6.06. The number of halogens is 2. The lowest BCUT2D eigenvalue weighted by atomic mass is 10.0.